The molecule has 0 bridgehead atoms. The van der Waals surface area contributed by atoms with E-state index < -0.39 is 17.5 Å². The molecule has 0 aliphatic carbocycles. The van der Waals surface area contributed by atoms with Crippen LogP contribution in [0.2, 0.25) is 0 Å². The van der Waals surface area contributed by atoms with Crippen LogP contribution in [0.25, 0.3) is 10.8 Å². The highest BCUT2D eigenvalue weighted by atomic mass is 16.5. The number of imide groups is 1. The van der Waals surface area contributed by atoms with Crippen LogP contribution in [0.1, 0.15) is 40.0 Å². The number of nitrogens with one attached hydrogen (secondary N) is 1. The smallest absolute Gasteiger partial charge is 0.325 e. The van der Waals surface area contributed by atoms with Gasteiger partial charge in [-0.15, -0.1) is 0 Å². The van der Waals surface area contributed by atoms with Crippen molar-refractivity contribution in [2.45, 2.75) is 32.9 Å². The fourth-order valence-electron chi connectivity index (χ4n) is 4.81. The van der Waals surface area contributed by atoms with Crippen molar-refractivity contribution < 1.29 is 23.5 Å². The Hall–Kier alpha value is -4.33. The summed E-state index contributed by atoms with van der Waals surface area (Å²) >= 11 is 0. The van der Waals surface area contributed by atoms with E-state index in [4.69, 9.17) is 9.15 Å². The summed E-state index contributed by atoms with van der Waals surface area (Å²) in [7, 11) is 1.61. The van der Waals surface area contributed by atoms with Crippen LogP contribution in [0.4, 0.5) is 4.79 Å². The van der Waals surface area contributed by atoms with Gasteiger partial charge in [0.1, 0.15) is 17.0 Å². The first kappa shape index (κ1) is 23.4. The van der Waals surface area contributed by atoms with Crippen LogP contribution >= 0.6 is 0 Å². The Morgan fingerprint density at radius 2 is 1.81 bits per heavy atom. The lowest BCUT2D eigenvalue weighted by Crippen LogP contribution is -2.41. The summed E-state index contributed by atoms with van der Waals surface area (Å²) in [6, 6.07) is 16.1. The highest BCUT2D eigenvalue weighted by molar-refractivity contribution is 6.11. The number of carbonyl (C=O) groups is 3. The molecule has 1 aliphatic heterocycles. The van der Waals surface area contributed by atoms with E-state index in [0.717, 1.165) is 38.6 Å². The maximum absolute atomic E-state index is 13.5. The van der Waals surface area contributed by atoms with Gasteiger partial charge in [-0.1, -0.05) is 18.2 Å². The SMILES string of the molecule is COc1ccc2cc([C@@]3(C)NC(=O)N(CC(=O)c4cc(C)n(Cc5ccco5)c4C)C3=O)ccc2c1. The highest BCUT2D eigenvalue weighted by Crippen LogP contribution is 2.32. The molecule has 1 saturated heterocycles. The zero-order valence-corrected chi connectivity index (χ0v) is 20.6. The number of fused-ring (bicyclic) bond motifs is 1. The molecular formula is C28H27N3O5. The van der Waals surface area contributed by atoms with Crippen molar-refractivity contribution in [3.05, 3.63) is 89.1 Å². The van der Waals surface area contributed by atoms with Gasteiger partial charge < -0.3 is 19.0 Å². The van der Waals surface area contributed by atoms with Crippen LogP contribution in [0.15, 0.2) is 65.3 Å². The fourth-order valence-corrected chi connectivity index (χ4v) is 4.81. The summed E-state index contributed by atoms with van der Waals surface area (Å²) in [5.74, 6) is 0.750. The molecule has 2 aromatic heterocycles. The standard InChI is InChI=1S/C28H27N3O5/c1-17-12-24(18(2)30(17)15-23-6-5-11-36-23)25(32)16-31-26(33)28(3,29-27(31)34)21-9-7-20-14-22(35-4)10-8-19(20)13-21/h5-14H,15-16H2,1-4H3,(H,29,34)/t28-/m1/s1. The van der Waals surface area contributed by atoms with E-state index in [0.29, 0.717) is 17.7 Å². The van der Waals surface area contributed by atoms with Gasteiger partial charge in [-0.25, -0.2) is 4.79 Å². The second-order valence-electron chi connectivity index (χ2n) is 9.25. The van der Waals surface area contributed by atoms with Crippen molar-refractivity contribution in [3.8, 4) is 5.75 Å². The lowest BCUT2D eigenvalue weighted by Gasteiger charge is -2.22. The lowest BCUT2D eigenvalue weighted by molar-refractivity contribution is -0.130. The largest absolute Gasteiger partial charge is 0.497 e. The molecule has 184 valence electrons. The minimum Gasteiger partial charge on any atom is -0.497 e. The number of rotatable bonds is 7. The van der Waals surface area contributed by atoms with Gasteiger partial charge >= 0.3 is 6.03 Å². The number of carbonyl (C=O) groups excluding carboxylic acids is 3. The van der Waals surface area contributed by atoms with Crippen molar-refractivity contribution in [1.82, 2.24) is 14.8 Å². The van der Waals surface area contributed by atoms with Gasteiger partial charge in [-0.3, -0.25) is 14.5 Å². The first-order valence-electron chi connectivity index (χ1n) is 11.7. The van der Waals surface area contributed by atoms with Crippen LogP contribution in [-0.2, 0) is 16.9 Å². The lowest BCUT2D eigenvalue weighted by atomic mass is 9.90. The molecule has 3 amide bonds. The average Bonchev–Trinajstić information content (AvgIpc) is 3.54. The Morgan fingerprint density at radius 3 is 2.53 bits per heavy atom. The number of aromatic nitrogens is 1. The van der Waals surface area contributed by atoms with Crippen LogP contribution in [0.3, 0.4) is 0 Å². The van der Waals surface area contributed by atoms with Gasteiger partial charge in [0.05, 0.1) is 26.5 Å². The van der Waals surface area contributed by atoms with Crippen molar-refractivity contribution >= 4 is 28.5 Å². The molecule has 8 nitrogen and oxygen atoms in total. The molecule has 5 rings (SSSR count). The molecule has 0 unspecified atom stereocenters. The molecule has 0 radical (unpaired) electrons. The molecule has 2 aromatic carbocycles. The van der Waals surface area contributed by atoms with E-state index in [2.05, 4.69) is 5.32 Å². The van der Waals surface area contributed by atoms with Crippen molar-refractivity contribution in [2.75, 3.05) is 13.7 Å². The van der Waals surface area contributed by atoms with Crippen LogP contribution in [-0.4, -0.2) is 40.8 Å². The molecule has 1 fully saturated rings. The Balaban J connectivity index is 1.38. The molecule has 1 atom stereocenters. The number of methoxy groups -OCH3 is 1. The van der Waals surface area contributed by atoms with Crippen molar-refractivity contribution in [1.29, 1.82) is 0 Å². The van der Waals surface area contributed by atoms with Crippen LogP contribution < -0.4 is 10.1 Å². The zero-order valence-electron chi connectivity index (χ0n) is 20.6. The number of hydrogen-bond acceptors (Lipinski definition) is 5. The first-order valence-corrected chi connectivity index (χ1v) is 11.7. The maximum atomic E-state index is 13.5. The van der Waals surface area contributed by atoms with Gasteiger partial charge in [0.15, 0.2) is 5.78 Å². The van der Waals surface area contributed by atoms with Crippen LogP contribution in [0.5, 0.6) is 5.75 Å². The third kappa shape index (κ3) is 3.84. The van der Waals surface area contributed by atoms with Gasteiger partial charge in [-0.2, -0.15) is 0 Å². The van der Waals surface area contributed by atoms with E-state index in [1.54, 1.807) is 26.4 Å². The number of amides is 3. The Morgan fingerprint density at radius 1 is 1.06 bits per heavy atom. The van der Waals surface area contributed by atoms with E-state index in [-0.39, 0.29) is 12.3 Å². The quantitative estimate of drug-likeness (QED) is 0.306. The molecule has 8 heteroatoms. The summed E-state index contributed by atoms with van der Waals surface area (Å²) in [4.78, 5) is 40.6. The number of benzene rings is 2. The van der Waals surface area contributed by atoms with E-state index in [9.17, 15) is 14.4 Å². The minimum atomic E-state index is -1.28. The molecule has 1 N–H and O–H groups in total. The van der Waals surface area contributed by atoms with Gasteiger partial charge in [-0.05, 0) is 73.5 Å². The highest BCUT2D eigenvalue weighted by Gasteiger charge is 2.49. The number of ketones is 1. The third-order valence-electron chi connectivity index (χ3n) is 6.97. The summed E-state index contributed by atoms with van der Waals surface area (Å²) < 4.78 is 12.7. The van der Waals surface area contributed by atoms with Gasteiger partial charge in [0.2, 0.25) is 0 Å². The normalized spacial score (nSPS) is 17.6. The number of ether oxygens (including phenoxy) is 1. The topological polar surface area (TPSA) is 93.8 Å². The number of furan rings is 1. The summed E-state index contributed by atoms with van der Waals surface area (Å²) in [6.07, 6.45) is 1.61. The molecule has 4 aromatic rings. The molecule has 3 heterocycles. The molecule has 0 saturated carbocycles. The van der Waals surface area contributed by atoms with E-state index >= 15 is 0 Å². The summed E-state index contributed by atoms with van der Waals surface area (Å²) in [6.45, 7) is 5.58. The van der Waals surface area contributed by atoms with Crippen molar-refractivity contribution in [3.63, 3.8) is 0 Å². The minimum absolute atomic E-state index is 0.299. The monoisotopic (exact) mass is 485 g/mol. The second kappa shape index (κ2) is 8.71. The third-order valence-corrected chi connectivity index (χ3v) is 6.97. The Bertz CT molecular complexity index is 1500. The summed E-state index contributed by atoms with van der Waals surface area (Å²) in [5, 5.41) is 4.66. The number of urea groups is 1. The molecule has 1 aliphatic rings. The molecular weight excluding hydrogens is 458 g/mol. The predicted molar refractivity (Wildman–Crippen MR) is 134 cm³/mol. The van der Waals surface area contributed by atoms with E-state index in [1.807, 2.05) is 66.9 Å². The van der Waals surface area contributed by atoms with Gasteiger partial charge in [0.25, 0.3) is 5.91 Å². The number of nitrogens with zero attached hydrogens (tertiary/aromatic N) is 2. The second-order valence-corrected chi connectivity index (χ2v) is 9.25. The molecule has 36 heavy (non-hydrogen) atoms. The van der Waals surface area contributed by atoms with Crippen molar-refractivity contribution in [2.24, 2.45) is 0 Å². The number of aryl methyl sites for hydroxylation is 1. The number of hydrogen-bond donors (Lipinski definition) is 1. The molecule has 0 spiro atoms. The van der Waals surface area contributed by atoms with E-state index in [1.165, 1.54) is 0 Å². The average molecular weight is 486 g/mol. The summed E-state index contributed by atoms with van der Waals surface area (Å²) in [5.41, 5.74) is 1.50. The van der Waals surface area contributed by atoms with Crippen LogP contribution in [0, 0.1) is 13.8 Å². The number of Topliss-reactive ketones (excluding diaryl/α,β-unsaturated/α-hetero) is 1. The Kier molecular flexibility index (Phi) is 5.67. The van der Waals surface area contributed by atoms with Gasteiger partial charge in [0, 0.05) is 17.0 Å². The first-order chi connectivity index (χ1) is 17.2. The predicted octanol–water partition coefficient (Wildman–Crippen LogP) is 4.56. The zero-order chi connectivity index (χ0) is 25.6. The maximum Gasteiger partial charge on any atom is 0.325 e. The Labute approximate surface area is 208 Å². The fraction of sp³-hybridized carbons (Fsp3) is 0.250.